The van der Waals surface area contributed by atoms with Crippen LogP contribution in [0.3, 0.4) is 0 Å². The van der Waals surface area contributed by atoms with Crippen LogP contribution in [-0.4, -0.2) is 16.0 Å². The third kappa shape index (κ3) is 2.31. The Morgan fingerprint density at radius 2 is 2.05 bits per heavy atom. The van der Waals surface area contributed by atoms with E-state index in [1.807, 2.05) is 12.1 Å². The van der Waals surface area contributed by atoms with E-state index in [1.54, 1.807) is 24.3 Å². The summed E-state index contributed by atoms with van der Waals surface area (Å²) in [6.07, 6.45) is 0. The lowest BCUT2D eigenvalue weighted by atomic mass is 10.2. The first kappa shape index (κ1) is 12.8. The summed E-state index contributed by atoms with van der Waals surface area (Å²) in [6.45, 7) is 0. The maximum Gasteiger partial charge on any atom is 0.305 e. The van der Waals surface area contributed by atoms with Gasteiger partial charge in [-0.25, -0.2) is 0 Å². The number of aromatic hydroxyl groups is 1. The third-order valence-electron chi connectivity index (χ3n) is 2.68. The van der Waals surface area contributed by atoms with Gasteiger partial charge in [-0.3, -0.25) is 4.79 Å². The highest BCUT2D eigenvalue weighted by Gasteiger charge is 2.11. The number of benzene rings is 1. The van der Waals surface area contributed by atoms with Gasteiger partial charge >= 0.3 is 5.91 Å². The number of rotatable bonds is 2. The highest BCUT2D eigenvalue weighted by molar-refractivity contribution is 7.18. The molecule has 1 amide bonds. The molecule has 5 nitrogen and oxygen atoms in total. The molecule has 0 bridgehead atoms. The normalized spacial score (nSPS) is 11.4. The maximum atomic E-state index is 11.8. The van der Waals surface area contributed by atoms with Crippen molar-refractivity contribution >= 4 is 45.4 Å². The molecular weight excluding hydrogens is 298 g/mol. The minimum absolute atomic E-state index is 0.119. The lowest BCUT2D eigenvalue weighted by Gasteiger charge is -1.90. The Bertz CT molecular complexity index is 822. The topological polar surface area (TPSA) is 77.8 Å². The lowest BCUT2D eigenvalue weighted by Crippen LogP contribution is -1.87. The number of nitrogens with one attached hydrogen (secondary N) is 1. The fourth-order valence-corrected chi connectivity index (χ4v) is 2.71. The molecule has 2 N–H and O–H groups in total. The maximum absolute atomic E-state index is 11.8. The zero-order valence-corrected chi connectivity index (χ0v) is 11.6. The van der Waals surface area contributed by atoms with Gasteiger partial charge in [0, 0.05) is 5.39 Å². The number of halogens is 1. The van der Waals surface area contributed by atoms with Crippen molar-refractivity contribution in [3.05, 3.63) is 45.6 Å². The van der Waals surface area contributed by atoms with E-state index in [2.05, 4.69) is 15.2 Å². The summed E-state index contributed by atoms with van der Waals surface area (Å²) in [5.74, 6) is -0.612. The van der Waals surface area contributed by atoms with Crippen molar-refractivity contribution in [1.29, 1.82) is 0 Å². The molecule has 0 aliphatic carbocycles. The Morgan fingerprint density at radius 1 is 1.25 bits per heavy atom. The second-order valence-electron chi connectivity index (χ2n) is 3.98. The van der Waals surface area contributed by atoms with Crippen LogP contribution >= 0.6 is 22.9 Å². The standard InChI is InChI=1S/C13H8ClN3O2S/c14-10-6-5-9(20-10)12(18)17-16-11-7-3-1-2-4-8(7)15-13(11)19/h1-6,15,19H. The molecular formula is C13H8ClN3O2S. The number of para-hydroxylation sites is 1. The number of azo groups is 1. The van der Waals surface area contributed by atoms with E-state index in [1.165, 1.54) is 0 Å². The highest BCUT2D eigenvalue weighted by atomic mass is 35.5. The summed E-state index contributed by atoms with van der Waals surface area (Å²) < 4.78 is 0.512. The Kier molecular flexibility index (Phi) is 3.25. The van der Waals surface area contributed by atoms with Gasteiger partial charge in [0.05, 0.1) is 14.7 Å². The molecule has 7 heteroatoms. The Morgan fingerprint density at radius 3 is 2.80 bits per heavy atom. The molecule has 0 unspecified atom stereocenters. The van der Waals surface area contributed by atoms with Crippen LogP contribution < -0.4 is 0 Å². The molecule has 1 aromatic carbocycles. The van der Waals surface area contributed by atoms with E-state index in [9.17, 15) is 9.90 Å². The molecule has 0 aliphatic heterocycles. The molecule has 0 fully saturated rings. The SMILES string of the molecule is O=C(N=Nc1c(O)[nH]c2ccccc12)c1ccc(Cl)s1. The van der Waals surface area contributed by atoms with Crippen molar-refractivity contribution in [2.75, 3.05) is 0 Å². The number of fused-ring (bicyclic) bond motifs is 1. The van der Waals surface area contributed by atoms with Gasteiger partial charge < -0.3 is 10.1 Å². The Labute approximate surface area is 122 Å². The number of nitrogens with zero attached hydrogens (tertiary/aromatic N) is 2. The van der Waals surface area contributed by atoms with Crippen LogP contribution in [0.15, 0.2) is 46.6 Å². The molecule has 2 aromatic heterocycles. The summed E-state index contributed by atoms with van der Waals surface area (Å²) >= 11 is 6.89. The highest BCUT2D eigenvalue weighted by Crippen LogP contribution is 2.35. The number of amides is 1. The van der Waals surface area contributed by atoms with Gasteiger partial charge in [-0.1, -0.05) is 29.8 Å². The molecule has 0 radical (unpaired) electrons. The summed E-state index contributed by atoms with van der Waals surface area (Å²) in [7, 11) is 0. The number of carbonyl (C=O) groups excluding carboxylic acids is 1. The summed E-state index contributed by atoms with van der Waals surface area (Å²) in [5.41, 5.74) is 0.974. The molecule has 2 heterocycles. The van der Waals surface area contributed by atoms with Gasteiger partial charge in [0.15, 0.2) is 5.69 Å². The van der Waals surface area contributed by atoms with Crippen molar-refractivity contribution in [2.24, 2.45) is 10.2 Å². The quantitative estimate of drug-likeness (QED) is 0.683. The predicted octanol–water partition coefficient (Wildman–Crippen LogP) is 4.51. The zero-order chi connectivity index (χ0) is 14.1. The van der Waals surface area contributed by atoms with Crippen molar-refractivity contribution in [3.63, 3.8) is 0 Å². The van der Waals surface area contributed by atoms with Crippen molar-refractivity contribution in [2.45, 2.75) is 0 Å². The summed E-state index contributed by atoms with van der Waals surface area (Å²) in [6, 6.07) is 10.4. The first-order valence-corrected chi connectivity index (χ1v) is 6.85. The van der Waals surface area contributed by atoms with E-state index in [0.29, 0.717) is 14.6 Å². The first-order chi connectivity index (χ1) is 9.65. The van der Waals surface area contributed by atoms with Crippen LogP contribution in [-0.2, 0) is 0 Å². The lowest BCUT2D eigenvalue weighted by molar-refractivity contribution is 0.0999. The van der Waals surface area contributed by atoms with Gasteiger partial charge in [0.1, 0.15) is 0 Å². The number of thiophene rings is 1. The van der Waals surface area contributed by atoms with E-state index >= 15 is 0 Å². The van der Waals surface area contributed by atoms with Crippen LogP contribution in [0, 0.1) is 0 Å². The molecule has 0 atom stereocenters. The van der Waals surface area contributed by atoms with E-state index in [-0.39, 0.29) is 11.6 Å². The van der Waals surface area contributed by atoms with Gasteiger partial charge in [0.25, 0.3) is 0 Å². The smallest absolute Gasteiger partial charge is 0.305 e. The molecule has 0 saturated heterocycles. The monoisotopic (exact) mass is 305 g/mol. The van der Waals surface area contributed by atoms with Crippen molar-refractivity contribution in [3.8, 4) is 5.88 Å². The van der Waals surface area contributed by atoms with Crippen molar-refractivity contribution < 1.29 is 9.90 Å². The second-order valence-corrected chi connectivity index (χ2v) is 5.69. The van der Waals surface area contributed by atoms with E-state index in [0.717, 1.165) is 16.9 Å². The van der Waals surface area contributed by atoms with E-state index < -0.39 is 5.91 Å². The molecule has 0 aliphatic rings. The fourth-order valence-electron chi connectivity index (χ4n) is 1.79. The molecule has 20 heavy (non-hydrogen) atoms. The van der Waals surface area contributed by atoms with E-state index in [4.69, 9.17) is 11.6 Å². The average Bonchev–Trinajstić information content (AvgIpc) is 2.99. The molecule has 3 rings (SSSR count). The second kappa shape index (κ2) is 5.07. The van der Waals surface area contributed by atoms with Crippen LogP contribution in [0.1, 0.15) is 9.67 Å². The van der Waals surface area contributed by atoms with Gasteiger partial charge in [-0.15, -0.1) is 21.6 Å². The Hall–Kier alpha value is -2.18. The van der Waals surface area contributed by atoms with Crippen LogP contribution in [0.25, 0.3) is 10.9 Å². The number of aromatic amines is 1. The summed E-state index contributed by atoms with van der Waals surface area (Å²) in [5, 5.41) is 17.9. The number of carbonyl (C=O) groups is 1. The molecule has 0 spiro atoms. The number of H-pyrrole nitrogens is 1. The van der Waals surface area contributed by atoms with Gasteiger partial charge in [-0.05, 0) is 18.2 Å². The Balaban J connectivity index is 1.95. The largest absolute Gasteiger partial charge is 0.493 e. The zero-order valence-electron chi connectivity index (χ0n) is 10.0. The molecule has 100 valence electrons. The fraction of sp³-hybridized carbons (Fsp3) is 0. The first-order valence-electron chi connectivity index (χ1n) is 5.66. The van der Waals surface area contributed by atoms with Crippen LogP contribution in [0.4, 0.5) is 5.69 Å². The van der Waals surface area contributed by atoms with Gasteiger partial charge in [-0.2, -0.15) is 0 Å². The van der Waals surface area contributed by atoms with Crippen molar-refractivity contribution in [1.82, 2.24) is 4.98 Å². The van der Waals surface area contributed by atoms with Gasteiger partial charge in [0.2, 0.25) is 5.88 Å². The number of hydrogen-bond acceptors (Lipinski definition) is 4. The molecule has 0 saturated carbocycles. The number of aromatic nitrogens is 1. The molecule has 3 aromatic rings. The van der Waals surface area contributed by atoms with Crippen LogP contribution in [0.5, 0.6) is 5.88 Å². The average molecular weight is 306 g/mol. The third-order valence-corrected chi connectivity index (χ3v) is 3.90. The minimum Gasteiger partial charge on any atom is -0.493 e. The summed E-state index contributed by atoms with van der Waals surface area (Å²) in [4.78, 5) is 15.0. The predicted molar refractivity (Wildman–Crippen MR) is 78.1 cm³/mol. The number of hydrogen-bond donors (Lipinski definition) is 2. The minimum atomic E-state index is -0.494. The van der Waals surface area contributed by atoms with Crippen LogP contribution in [0.2, 0.25) is 4.34 Å².